The van der Waals surface area contributed by atoms with Crippen LogP contribution >= 0.6 is 0 Å². The van der Waals surface area contributed by atoms with E-state index in [-0.39, 0.29) is 19.3 Å². The van der Waals surface area contributed by atoms with Gasteiger partial charge in [0.2, 0.25) is 0 Å². The quantitative estimate of drug-likeness (QED) is 0.844. The normalized spacial score (nSPS) is 20.1. The first kappa shape index (κ1) is 16.3. The van der Waals surface area contributed by atoms with E-state index in [1.165, 1.54) is 12.1 Å². The van der Waals surface area contributed by atoms with E-state index < -0.39 is 11.6 Å². The van der Waals surface area contributed by atoms with Gasteiger partial charge in [-0.05, 0) is 49.8 Å². The molecule has 1 unspecified atom stereocenters. The lowest BCUT2D eigenvalue weighted by Gasteiger charge is -2.37. The second-order valence-electron chi connectivity index (χ2n) is 5.80. The monoisotopic (exact) mass is 299 g/mol. The first-order valence-corrected chi connectivity index (χ1v) is 7.53. The summed E-state index contributed by atoms with van der Waals surface area (Å²) in [5.74, 6) is -0.608. The van der Waals surface area contributed by atoms with E-state index in [2.05, 4.69) is 4.90 Å². The molecule has 5 heteroatoms. The van der Waals surface area contributed by atoms with E-state index in [0.29, 0.717) is 17.9 Å². The molecule has 0 radical (unpaired) electrons. The Bertz CT molecular complexity index is 452. The fourth-order valence-corrected chi connectivity index (χ4v) is 3.04. The van der Waals surface area contributed by atoms with Gasteiger partial charge in [-0.2, -0.15) is 0 Å². The van der Waals surface area contributed by atoms with Crippen molar-refractivity contribution in [2.45, 2.75) is 31.7 Å². The van der Waals surface area contributed by atoms with Gasteiger partial charge in [-0.1, -0.05) is 6.07 Å². The van der Waals surface area contributed by atoms with Gasteiger partial charge in [0.25, 0.3) is 0 Å². The molecule has 1 saturated heterocycles. The van der Waals surface area contributed by atoms with E-state index >= 15 is 0 Å². The van der Waals surface area contributed by atoms with Crippen LogP contribution in [0.5, 0.6) is 0 Å². The van der Waals surface area contributed by atoms with Crippen LogP contribution in [0.4, 0.5) is 8.78 Å². The van der Waals surface area contributed by atoms with Crippen LogP contribution in [0.2, 0.25) is 0 Å². The van der Waals surface area contributed by atoms with Gasteiger partial charge in [0, 0.05) is 12.6 Å². The number of nitrogens with zero attached hydrogens (tertiary/aromatic N) is 1. The second-order valence-corrected chi connectivity index (χ2v) is 5.80. The molecule has 2 N–H and O–H groups in total. The molecule has 1 aliphatic heterocycles. The van der Waals surface area contributed by atoms with Crippen LogP contribution in [0.25, 0.3) is 0 Å². The molecule has 0 spiro atoms. The van der Waals surface area contributed by atoms with Crippen molar-refractivity contribution in [2.75, 3.05) is 26.3 Å². The maximum absolute atomic E-state index is 13.6. The molecule has 1 atom stereocenters. The third kappa shape index (κ3) is 4.46. The van der Waals surface area contributed by atoms with E-state index in [0.717, 1.165) is 38.4 Å². The van der Waals surface area contributed by atoms with Gasteiger partial charge in [-0.15, -0.1) is 0 Å². The van der Waals surface area contributed by atoms with Gasteiger partial charge in [0.15, 0.2) is 0 Å². The Labute approximate surface area is 124 Å². The third-order valence-electron chi connectivity index (χ3n) is 4.33. The van der Waals surface area contributed by atoms with Crippen molar-refractivity contribution >= 4 is 0 Å². The van der Waals surface area contributed by atoms with Crippen molar-refractivity contribution in [2.24, 2.45) is 5.92 Å². The molecular weight excluding hydrogens is 276 g/mol. The summed E-state index contributed by atoms with van der Waals surface area (Å²) in [6, 6.07) is 3.53. The molecule has 1 heterocycles. The van der Waals surface area contributed by atoms with Crippen molar-refractivity contribution in [1.82, 2.24) is 4.90 Å². The minimum Gasteiger partial charge on any atom is -0.395 e. The van der Waals surface area contributed by atoms with Crippen LogP contribution in [0.3, 0.4) is 0 Å². The molecule has 0 bridgehead atoms. The van der Waals surface area contributed by atoms with E-state index in [1.54, 1.807) is 0 Å². The number of hydrogen-bond donors (Lipinski definition) is 2. The molecule has 1 aromatic carbocycles. The number of likely N-dealkylation sites (tertiary alicyclic amines) is 1. The lowest BCUT2D eigenvalue weighted by atomic mass is 9.91. The highest BCUT2D eigenvalue weighted by molar-refractivity contribution is 5.18. The van der Waals surface area contributed by atoms with Crippen molar-refractivity contribution in [3.8, 4) is 0 Å². The highest BCUT2D eigenvalue weighted by atomic mass is 19.1. The maximum atomic E-state index is 13.6. The lowest BCUT2D eigenvalue weighted by Crippen LogP contribution is -2.46. The number of benzene rings is 1. The summed E-state index contributed by atoms with van der Waals surface area (Å²) in [5, 5.41) is 18.5. The number of aliphatic hydroxyl groups is 2. The molecule has 0 amide bonds. The molecule has 118 valence electrons. The van der Waals surface area contributed by atoms with Crippen LogP contribution in [-0.2, 0) is 6.42 Å². The number of aliphatic hydroxyl groups excluding tert-OH is 2. The topological polar surface area (TPSA) is 43.7 Å². The van der Waals surface area contributed by atoms with Crippen molar-refractivity contribution in [3.05, 3.63) is 35.4 Å². The highest BCUT2D eigenvalue weighted by Gasteiger charge is 2.25. The minimum atomic E-state index is -0.547. The number of piperidine rings is 1. The summed E-state index contributed by atoms with van der Waals surface area (Å²) in [6.45, 7) is 1.60. The summed E-state index contributed by atoms with van der Waals surface area (Å²) in [4.78, 5) is 2.11. The number of aryl methyl sites for hydroxylation is 1. The zero-order valence-corrected chi connectivity index (χ0v) is 12.1. The summed E-state index contributed by atoms with van der Waals surface area (Å²) >= 11 is 0. The van der Waals surface area contributed by atoms with Gasteiger partial charge in [-0.25, -0.2) is 8.78 Å². The first-order valence-electron chi connectivity index (χ1n) is 7.53. The fourth-order valence-electron chi connectivity index (χ4n) is 3.04. The first-order chi connectivity index (χ1) is 10.1. The number of halogens is 2. The maximum Gasteiger partial charge on any atom is 0.129 e. The van der Waals surface area contributed by atoms with Gasteiger partial charge < -0.3 is 10.2 Å². The van der Waals surface area contributed by atoms with Crippen LogP contribution in [0.15, 0.2) is 18.2 Å². The molecule has 0 saturated carbocycles. The van der Waals surface area contributed by atoms with E-state index in [4.69, 9.17) is 0 Å². The van der Waals surface area contributed by atoms with Crippen molar-refractivity contribution in [1.29, 1.82) is 0 Å². The lowest BCUT2D eigenvalue weighted by molar-refractivity contribution is 0.0427. The third-order valence-corrected chi connectivity index (χ3v) is 4.33. The average Bonchev–Trinajstić information content (AvgIpc) is 2.48. The molecule has 2 rings (SSSR count). The van der Waals surface area contributed by atoms with E-state index in [9.17, 15) is 19.0 Å². The highest BCUT2D eigenvalue weighted by Crippen LogP contribution is 2.23. The summed E-state index contributed by atoms with van der Waals surface area (Å²) in [7, 11) is 0. The predicted octanol–water partition coefficient (Wildman–Crippen LogP) is 1.96. The van der Waals surface area contributed by atoms with Gasteiger partial charge in [0.1, 0.15) is 11.6 Å². The zero-order valence-electron chi connectivity index (χ0n) is 12.1. The Morgan fingerprint density at radius 3 is 2.67 bits per heavy atom. The largest absolute Gasteiger partial charge is 0.395 e. The Hall–Kier alpha value is -1.04. The summed E-state index contributed by atoms with van der Waals surface area (Å²) in [6.07, 6.45) is 3.52. The molecule has 3 nitrogen and oxygen atoms in total. The van der Waals surface area contributed by atoms with Crippen molar-refractivity contribution < 1.29 is 19.0 Å². The molecule has 1 fully saturated rings. The molecule has 0 aromatic heterocycles. The smallest absolute Gasteiger partial charge is 0.129 e. The standard InChI is InChI=1S/C16H23F2NO2/c17-14-6-5-13(16(18)8-14)4-3-12-2-1-7-19(9-12)15(10-20)11-21/h5-6,8,12,15,20-21H,1-4,7,9-11H2. The van der Waals surface area contributed by atoms with Crippen LogP contribution in [0.1, 0.15) is 24.8 Å². The van der Waals surface area contributed by atoms with Crippen molar-refractivity contribution in [3.63, 3.8) is 0 Å². The van der Waals surface area contributed by atoms with Crippen LogP contribution in [0, 0.1) is 17.6 Å². The fraction of sp³-hybridized carbons (Fsp3) is 0.625. The van der Waals surface area contributed by atoms with Crippen LogP contribution < -0.4 is 0 Å². The number of rotatable bonds is 6. The van der Waals surface area contributed by atoms with Gasteiger partial charge in [0.05, 0.1) is 19.3 Å². The van der Waals surface area contributed by atoms with Crippen LogP contribution in [-0.4, -0.2) is 47.5 Å². The Morgan fingerprint density at radius 1 is 1.24 bits per heavy atom. The average molecular weight is 299 g/mol. The van der Waals surface area contributed by atoms with E-state index in [1.807, 2.05) is 0 Å². The predicted molar refractivity (Wildman–Crippen MR) is 76.9 cm³/mol. The summed E-state index contributed by atoms with van der Waals surface area (Å²) in [5.41, 5.74) is 0.550. The Morgan fingerprint density at radius 2 is 2.00 bits per heavy atom. The minimum absolute atomic E-state index is 0.0458. The second kappa shape index (κ2) is 7.82. The zero-order chi connectivity index (χ0) is 15.2. The molecule has 21 heavy (non-hydrogen) atoms. The molecule has 1 aromatic rings. The Balaban J connectivity index is 1.88. The SMILES string of the molecule is OCC(CO)N1CCCC(CCc2ccc(F)cc2F)C1. The molecule has 0 aliphatic carbocycles. The summed E-state index contributed by atoms with van der Waals surface area (Å²) < 4.78 is 26.5. The van der Waals surface area contributed by atoms with Gasteiger partial charge >= 0.3 is 0 Å². The molecule has 1 aliphatic rings. The molecular formula is C16H23F2NO2. The van der Waals surface area contributed by atoms with Gasteiger partial charge in [-0.3, -0.25) is 4.90 Å². The number of hydrogen-bond acceptors (Lipinski definition) is 3. The Kier molecular flexibility index (Phi) is 6.08.